The second kappa shape index (κ2) is 9.09. The van der Waals surface area contributed by atoms with Gasteiger partial charge in [-0.1, -0.05) is 30.3 Å². The van der Waals surface area contributed by atoms with Gasteiger partial charge in [-0.2, -0.15) is 5.10 Å². The van der Waals surface area contributed by atoms with Gasteiger partial charge >= 0.3 is 6.03 Å². The number of carbonyl (C=O) groups excluding carboxylic acids is 2. The minimum absolute atomic E-state index is 0.138. The van der Waals surface area contributed by atoms with Crippen LogP contribution in [-0.4, -0.2) is 82.2 Å². The Bertz CT molecular complexity index is 823. The van der Waals surface area contributed by atoms with Gasteiger partial charge in [-0.15, -0.1) is 0 Å². The Morgan fingerprint density at radius 1 is 0.897 bits per heavy atom. The third kappa shape index (κ3) is 5.14. The highest BCUT2D eigenvalue weighted by Crippen LogP contribution is 2.11. The summed E-state index contributed by atoms with van der Waals surface area (Å²) in [7, 11) is 0. The van der Waals surface area contributed by atoms with E-state index in [1.165, 1.54) is 0 Å². The first-order chi connectivity index (χ1) is 14.2. The van der Waals surface area contributed by atoms with Crippen LogP contribution in [0.5, 0.6) is 0 Å². The summed E-state index contributed by atoms with van der Waals surface area (Å²) in [4.78, 5) is 30.7. The number of hydrogen-bond donors (Lipinski definition) is 1. The van der Waals surface area contributed by atoms with Gasteiger partial charge < -0.3 is 9.80 Å². The van der Waals surface area contributed by atoms with Gasteiger partial charge in [0.25, 0.3) is 0 Å². The lowest BCUT2D eigenvalue weighted by atomic mass is 10.2. The molecule has 2 saturated heterocycles. The molecule has 0 radical (unpaired) electrons. The second-order valence-electron chi connectivity index (χ2n) is 7.67. The van der Waals surface area contributed by atoms with E-state index in [2.05, 4.69) is 15.3 Å². The molecule has 2 aliphatic heterocycles. The van der Waals surface area contributed by atoms with Crippen molar-refractivity contribution in [2.24, 2.45) is 0 Å². The van der Waals surface area contributed by atoms with Gasteiger partial charge in [0.15, 0.2) is 5.82 Å². The van der Waals surface area contributed by atoms with Crippen molar-refractivity contribution in [1.82, 2.24) is 24.5 Å². The van der Waals surface area contributed by atoms with Gasteiger partial charge in [-0.25, -0.2) is 4.79 Å². The Hall–Kier alpha value is -2.87. The minimum Gasteiger partial charge on any atom is -0.342 e. The predicted molar refractivity (Wildman–Crippen MR) is 111 cm³/mol. The molecule has 0 atom stereocenters. The number of hydrogen-bond acceptors (Lipinski definition) is 4. The molecule has 3 heterocycles. The Balaban J connectivity index is 1.22. The average molecular weight is 396 g/mol. The molecule has 2 aliphatic rings. The molecule has 3 amide bonds. The van der Waals surface area contributed by atoms with E-state index in [-0.39, 0.29) is 11.9 Å². The maximum atomic E-state index is 12.5. The Kier molecular flexibility index (Phi) is 6.09. The van der Waals surface area contributed by atoms with Crippen LogP contribution in [0.15, 0.2) is 42.6 Å². The molecule has 0 unspecified atom stereocenters. The van der Waals surface area contributed by atoms with Crippen LogP contribution in [0.3, 0.4) is 0 Å². The number of benzene rings is 1. The zero-order valence-electron chi connectivity index (χ0n) is 16.7. The normalized spacial score (nSPS) is 17.5. The van der Waals surface area contributed by atoms with Crippen molar-refractivity contribution in [3.05, 3.63) is 48.2 Å². The summed E-state index contributed by atoms with van der Waals surface area (Å²) in [5.74, 6) is 0.766. The SMILES string of the molecule is O=C(CN1CCN(C(=O)Nc2ccn(Cc3ccccc3)n2)CC1)N1CCCC1. The zero-order valence-corrected chi connectivity index (χ0v) is 16.7. The van der Waals surface area contributed by atoms with Crippen molar-refractivity contribution in [3.8, 4) is 0 Å². The first-order valence-electron chi connectivity index (χ1n) is 10.3. The molecule has 8 heteroatoms. The number of amides is 3. The number of aromatic nitrogens is 2. The molecule has 4 rings (SSSR count). The van der Waals surface area contributed by atoms with Crippen molar-refractivity contribution >= 4 is 17.8 Å². The number of nitrogens with one attached hydrogen (secondary N) is 1. The lowest BCUT2D eigenvalue weighted by molar-refractivity contribution is -0.131. The number of piperazine rings is 1. The monoisotopic (exact) mass is 396 g/mol. The first kappa shape index (κ1) is 19.4. The van der Waals surface area contributed by atoms with E-state index in [1.807, 2.05) is 52.2 Å². The quantitative estimate of drug-likeness (QED) is 0.835. The van der Waals surface area contributed by atoms with Crippen LogP contribution in [0.1, 0.15) is 18.4 Å². The van der Waals surface area contributed by atoms with Gasteiger partial charge in [0.2, 0.25) is 5.91 Å². The fourth-order valence-corrected chi connectivity index (χ4v) is 3.84. The fourth-order valence-electron chi connectivity index (χ4n) is 3.84. The van der Waals surface area contributed by atoms with E-state index in [0.29, 0.717) is 32.0 Å². The molecule has 2 aromatic rings. The summed E-state index contributed by atoms with van der Waals surface area (Å²) >= 11 is 0. The molecule has 154 valence electrons. The Labute approximate surface area is 171 Å². The predicted octanol–water partition coefficient (Wildman–Crippen LogP) is 1.70. The third-order valence-electron chi connectivity index (χ3n) is 5.54. The lowest BCUT2D eigenvalue weighted by Gasteiger charge is -2.34. The van der Waals surface area contributed by atoms with E-state index < -0.39 is 0 Å². The van der Waals surface area contributed by atoms with E-state index in [1.54, 1.807) is 4.90 Å². The van der Waals surface area contributed by atoms with Gasteiger partial charge in [0.1, 0.15) is 0 Å². The number of likely N-dealkylation sites (tertiary alicyclic amines) is 1. The zero-order chi connectivity index (χ0) is 20.1. The van der Waals surface area contributed by atoms with E-state index >= 15 is 0 Å². The smallest absolute Gasteiger partial charge is 0.323 e. The minimum atomic E-state index is -0.138. The highest BCUT2D eigenvalue weighted by atomic mass is 16.2. The molecule has 1 aromatic heterocycles. The van der Waals surface area contributed by atoms with Crippen LogP contribution in [0.25, 0.3) is 0 Å². The molecule has 0 saturated carbocycles. The molecule has 29 heavy (non-hydrogen) atoms. The van der Waals surface area contributed by atoms with Crippen LogP contribution in [-0.2, 0) is 11.3 Å². The van der Waals surface area contributed by atoms with Crippen molar-refractivity contribution < 1.29 is 9.59 Å². The molecule has 0 spiro atoms. The van der Waals surface area contributed by atoms with Gasteiger partial charge in [0.05, 0.1) is 13.1 Å². The van der Waals surface area contributed by atoms with Crippen LogP contribution >= 0.6 is 0 Å². The molecule has 2 fully saturated rings. The van der Waals surface area contributed by atoms with Crippen molar-refractivity contribution in [2.75, 3.05) is 51.1 Å². The number of rotatable bonds is 5. The molecule has 8 nitrogen and oxygen atoms in total. The summed E-state index contributed by atoms with van der Waals surface area (Å²) in [6.07, 6.45) is 4.09. The van der Waals surface area contributed by atoms with Crippen LogP contribution in [0.2, 0.25) is 0 Å². The molecule has 1 aromatic carbocycles. The number of nitrogens with zero attached hydrogens (tertiary/aromatic N) is 5. The highest BCUT2D eigenvalue weighted by Gasteiger charge is 2.25. The summed E-state index contributed by atoms with van der Waals surface area (Å²) < 4.78 is 1.81. The average Bonchev–Trinajstić information content (AvgIpc) is 3.42. The first-order valence-corrected chi connectivity index (χ1v) is 10.3. The van der Waals surface area contributed by atoms with Gasteiger partial charge in [-0.05, 0) is 18.4 Å². The van der Waals surface area contributed by atoms with E-state index in [0.717, 1.165) is 44.6 Å². The third-order valence-corrected chi connectivity index (χ3v) is 5.54. The fraction of sp³-hybridized carbons (Fsp3) is 0.476. The largest absolute Gasteiger partial charge is 0.342 e. The number of urea groups is 1. The number of anilines is 1. The molecule has 0 bridgehead atoms. The second-order valence-corrected chi connectivity index (χ2v) is 7.67. The van der Waals surface area contributed by atoms with Crippen LogP contribution < -0.4 is 5.32 Å². The molecular weight excluding hydrogens is 368 g/mol. The van der Waals surface area contributed by atoms with Crippen LogP contribution in [0.4, 0.5) is 10.6 Å². The highest BCUT2D eigenvalue weighted by molar-refractivity contribution is 5.88. The van der Waals surface area contributed by atoms with Crippen molar-refractivity contribution in [1.29, 1.82) is 0 Å². The van der Waals surface area contributed by atoms with Crippen molar-refractivity contribution in [3.63, 3.8) is 0 Å². The summed E-state index contributed by atoms with van der Waals surface area (Å²) in [6, 6.07) is 11.8. The number of carbonyl (C=O) groups is 2. The topological polar surface area (TPSA) is 73.7 Å². The summed E-state index contributed by atoms with van der Waals surface area (Å²) in [5, 5.41) is 7.32. The van der Waals surface area contributed by atoms with E-state index in [4.69, 9.17) is 0 Å². The van der Waals surface area contributed by atoms with Gasteiger partial charge in [-0.3, -0.25) is 19.7 Å². The van der Waals surface area contributed by atoms with Crippen LogP contribution in [0, 0.1) is 0 Å². The Morgan fingerprint density at radius 3 is 2.34 bits per heavy atom. The molecule has 1 N–H and O–H groups in total. The maximum absolute atomic E-state index is 12.5. The molecule has 0 aliphatic carbocycles. The standard InChI is InChI=1S/C21H28N6O2/c28-20(25-9-4-5-10-25)17-24-12-14-26(15-13-24)21(29)22-19-8-11-27(23-19)16-18-6-2-1-3-7-18/h1-3,6-8,11H,4-5,9-10,12-17H2,(H,22,23,29). The summed E-state index contributed by atoms with van der Waals surface area (Å²) in [5.41, 5.74) is 1.16. The summed E-state index contributed by atoms with van der Waals surface area (Å²) in [6.45, 7) is 5.56. The van der Waals surface area contributed by atoms with Gasteiger partial charge in [0, 0.05) is 51.5 Å². The lowest BCUT2D eigenvalue weighted by Crippen LogP contribution is -2.52. The maximum Gasteiger partial charge on any atom is 0.323 e. The van der Waals surface area contributed by atoms with E-state index in [9.17, 15) is 9.59 Å². The van der Waals surface area contributed by atoms with Crippen molar-refractivity contribution in [2.45, 2.75) is 19.4 Å². The molecular formula is C21H28N6O2. The Morgan fingerprint density at radius 2 is 1.62 bits per heavy atom.